The highest BCUT2D eigenvalue weighted by atomic mass is 19.4. The average Bonchev–Trinajstić information content (AvgIpc) is 3.71. The summed E-state index contributed by atoms with van der Waals surface area (Å²) in [6.45, 7) is 17.1. The van der Waals surface area contributed by atoms with Gasteiger partial charge in [0.2, 0.25) is 0 Å². The molecule has 0 aliphatic carbocycles. The average molecular weight is 602 g/mol. The molecule has 1 aromatic carbocycles. The van der Waals surface area contributed by atoms with Crippen molar-refractivity contribution in [3.8, 4) is 0 Å². The highest BCUT2D eigenvalue weighted by Crippen LogP contribution is 2.32. The lowest BCUT2D eigenvalue weighted by atomic mass is 10.1. The van der Waals surface area contributed by atoms with Crippen LogP contribution >= 0.6 is 0 Å². The summed E-state index contributed by atoms with van der Waals surface area (Å²) in [5.74, 6) is 0.355. The van der Waals surface area contributed by atoms with Crippen LogP contribution in [0.3, 0.4) is 0 Å². The van der Waals surface area contributed by atoms with Crippen LogP contribution in [0.1, 0.15) is 65.6 Å². The molecule has 0 fully saturated rings. The van der Waals surface area contributed by atoms with Crippen molar-refractivity contribution in [3.05, 3.63) is 60.6 Å². The summed E-state index contributed by atoms with van der Waals surface area (Å²) in [5.41, 5.74) is 3.92. The van der Waals surface area contributed by atoms with Crippen LogP contribution in [0.5, 0.6) is 0 Å². The SMILES string of the molecule is C=Cc1ccn(C(C)(C)C)c1.CC.CCC(CCNC)Nc1cccc2c1cc(C1=NCC(CNC)=N1)n2CC(F)(F)F. The second kappa shape index (κ2) is 16.5. The van der Waals surface area contributed by atoms with Crippen molar-refractivity contribution in [3.63, 3.8) is 0 Å². The minimum Gasteiger partial charge on any atom is -0.382 e. The zero-order valence-corrected chi connectivity index (χ0v) is 27.1. The van der Waals surface area contributed by atoms with Crippen molar-refractivity contribution in [2.75, 3.05) is 39.0 Å². The first-order chi connectivity index (χ1) is 20.4. The Hall–Kier alpha value is -3.37. The van der Waals surface area contributed by atoms with Crippen LogP contribution in [0.2, 0.25) is 0 Å². The van der Waals surface area contributed by atoms with Crippen LogP contribution in [-0.4, -0.2) is 66.6 Å². The van der Waals surface area contributed by atoms with E-state index in [4.69, 9.17) is 0 Å². The zero-order chi connectivity index (χ0) is 32.2. The molecule has 1 atom stereocenters. The van der Waals surface area contributed by atoms with E-state index in [0.29, 0.717) is 30.1 Å². The van der Waals surface area contributed by atoms with Gasteiger partial charge in [-0.05, 0) is 84.1 Å². The molecule has 0 saturated carbocycles. The van der Waals surface area contributed by atoms with E-state index in [1.165, 1.54) is 10.1 Å². The first kappa shape index (κ1) is 35.8. The topological polar surface area (TPSA) is 70.7 Å². The van der Waals surface area contributed by atoms with Gasteiger partial charge in [0.15, 0.2) is 5.84 Å². The number of aromatic nitrogens is 2. The normalized spacial score (nSPS) is 13.8. The highest BCUT2D eigenvalue weighted by molar-refractivity contribution is 6.13. The van der Waals surface area contributed by atoms with Crippen molar-refractivity contribution in [1.82, 2.24) is 19.8 Å². The summed E-state index contributed by atoms with van der Waals surface area (Å²) < 4.78 is 43.6. The number of hydrogen-bond donors (Lipinski definition) is 3. The molecule has 10 heteroatoms. The molecule has 1 aliphatic rings. The predicted octanol–water partition coefficient (Wildman–Crippen LogP) is 7.34. The molecule has 3 heterocycles. The molecule has 1 unspecified atom stereocenters. The first-order valence-electron chi connectivity index (χ1n) is 15.1. The van der Waals surface area contributed by atoms with E-state index < -0.39 is 12.7 Å². The standard InChI is InChI=1S/C21H29F3N6.C10H15N.C2H6/c1-4-14(8-9-25-2)28-17-6-5-7-18-16(17)10-19(30(18)13-21(22,23)24)20-27-12-15(29-20)11-26-3;1-5-9-6-7-11(8-9)10(2,3)4;1-2/h5-7,10,14,25-26,28H,4,8-9,11-13H2,1-3H3;5-8H,1H2,2-4H3;1-2H3. The van der Waals surface area contributed by atoms with Crippen LogP contribution in [0.15, 0.2) is 59.3 Å². The van der Waals surface area contributed by atoms with Crippen molar-refractivity contribution in [2.24, 2.45) is 9.98 Å². The molecule has 238 valence electrons. The molecule has 43 heavy (non-hydrogen) atoms. The van der Waals surface area contributed by atoms with Gasteiger partial charge in [0.05, 0.1) is 23.5 Å². The molecular formula is C33H50F3N7. The van der Waals surface area contributed by atoms with Crippen LogP contribution < -0.4 is 16.0 Å². The molecule has 3 N–H and O–H groups in total. The number of fused-ring (bicyclic) bond motifs is 1. The monoisotopic (exact) mass is 601 g/mol. The molecule has 0 amide bonds. The molecule has 0 radical (unpaired) electrons. The van der Waals surface area contributed by atoms with E-state index >= 15 is 0 Å². The largest absolute Gasteiger partial charge is 0.406 e. The Bertz CT molecular complexity index is 1360. The minimum absolute atomic E-state index is 0.182. The van der Waals surface area contributed by atoms with Gasteiger partial charge < -0.3 is 25.1 Å². The number of rotatable bonds is 11. The van der Waals surface area contributed by atoms with Crippen LogP contribution in [0, 0.1) is 0 Å². The molecule has 0 bridgehead atoms. The molecular weight excluding hydrogens is 551 g/mol. The quantitative estimate of drug-likeness (QED) is 0.215. The maximum atomic E-state index is 13.4. The van der Waals surface area contributed by atoms with Crippen LogP contribution in [-0.2, 0) is 12.1 Å². The second-order valence-electron chi connectivity index (χ2n) is 11.2. The zero-order valence-electron chi connectivity index (χ0n) is 27.1. The number of alkyl halides is 3. The number of nitrogens with one attached hydrogen (secondary N) is 3. The third-order valence-electron chi connectivity index (χ3n) is 6.89. The first-order valence-corrected chi connectivity index (χ1v) is 15.1. The van der Waals surface area contributed by atoms with Crippen LogP contribution in [0.4, 0.5) is 18.9 Å². The molecule has 3 aromatic rings. The fourth-order valence-corrected chi connectivity index (χ4v) is 4.64. The Labute approximate surface area is 255 Å². The van der Waals surface area contributed by atoms with Gasteiger partial charge in [-0.2, -0.15) is 13.2 Å². The number of hydrogen-bond acceptors (Lipinski definition) is 5. The molecule has 1 aliphatic heterocycles. The van der Waals surface area contributed by atoms with E-state index in [1.54, 1.807) is 25.2 Å². The Balaban J connectivity index is 0.000000415. The Morgan fingerprint density at radius 1 is 1.09 bits per heavy atom. The molecule has 4 rings (SSSR count). The van der Waals surface area contributed by atoms with Gasteiger partial charge >= 0.3 is 6.18 Å². The fraction of sp³-hybridized carbons (Fsp3) is 0.515. The van der Waals surface area contributed by atoms with E-state index in [2.05, 4.69) is 83.2 Å². The fourth-order valence-electron chi connectivity index (χ4n) is 4.64. The van der Waals surface area contributed by atoms with Gasteiger partial charge in [-0.3, -0.25) is 4.99 Å². The van der Waals surface area contributed by atoms with Gasteiger partial charge in [-0.25, -0.2) is 4.99 Å². The summed E-state index contributed by atoms with van der Waals surface area (Å²) in [6, 6.07) is 9.49. The van der Waals surface area contributed by atoms with Gasteiger partial charge in [-0.1, -0.05) is 39.5 Å². The summed E-state index contributed by atoms with van der Waals surface area (Å²) in [6.07, 6.45) is 3.54. The smallest absolute Gasteiger partial charge is 0.382 e. The summed E-state index contributed by atoms with van der Waals surface area (Å²) in [5, 5.41) is 10.4. The number of benzene rings is 1. The van der Waals surface area contributed by atoms with Gasteiger partial charge in [-0.15, -0.1) is 0 Å². The Morgan fingerprint density at radius 3 is 2.35 bits per heavy atom. The Morgan fingerprint density at radius 2 is 1.81 bits per heavy atom. The van der Waals surface area contributed by atoms with E-state index in [0.717, 1.165) is 36.2 Å². The van der Waals surface area contributed by atoms with Gasteiger partial charge in [0, 0.05) is 41.6 Å². The maximum absolute atomic E-state index is 13.4. The summed E-state index contributed by atoms with van der Waals surface area (Å²) >= 11 is 0. The Kier molecular flexibility index (Phi) is 13.7. The molecule has 0 saturated heterocycles. The molecule has 0 spiro atoms. The third-order valence-corrected chi connectivity index (χ3v) is 6.89. The maximum Gasteiger partial charge on any atom is 0.406 e. The minimum atomic E-state index is -4.35. The number of nitrogens with zero attached hydrogens (tertiary/aromatic N) is 4. The number of amidine groups is 1. The van der Waals surface area contributed by atoms with E-state index in [9.17, 15) is 13.2 Å². The van der Waals surface area contributed by atoms with Crippen LogP contribution in [0.25, 0.3) is 17.0 Å². The second-order valence-corrected chi connectivity index (χ2v) is 11.2. The van der Waals surface area contributed by atoms with Gasteiger partial charge in [0.25, 0.3) is 0 Å². The predicted molar refractivity (Wildman–Crippen MR) is 178 cm³/mol. The lowest BCUT2D eigenvalue weighted by Gasteiger charge is -2.20. The number of halogens is 3. The molecule has 2 aromatic heterocycles. The lowest BCUT2D eigenvalue weighted by molar-refractivity contribution is -0.139. The summed E-state index contributed by atoms with van der Waals surface area (Å²) in [7, 11) is 3.71. The summed E-state index contributed by atoms with van der Waals surface area (Å²) in [4.78, 5) is 8.86. The van der Waals surface area contributed by atoms with Crippen molar-refractivity contribution >= 4 is 34.2 Å². The van der Waals surface area contributed by atoms with Gasteiger partial charge in [0.1, 0.15) is 6.54 Å². The highest BCUT2D eigenvalue weighted by Gasteiger charge is 2.31. The van der Waals surface area contributed by atoms with Crippen molar-refractivity contribution < 1.29 is 13.2 Å². The molecule has 7 nitrogen and oxygen atoms in total. The van der Waals surface area contributed by atoms with Crippen molar-refractivity contribution in [1.29, 1.82) is 0 Å². The van der Waals surface area contributed by atoms with E-state index in [1.807, 2.05) is 33.0 Å². The third kappa shape index (κ3) is 10.4. The number of anilines is 1. The van der Waals surface area contributed by atoms with E-state index in [-0.39, 0.29) is 11.6 Å². The lowest BCUT2D eigenvalue weighted by Crippen LogP contribution is -2.23. The van der Waals surface area contributed by atoms with Crippen molar-refractivity contribution in [2.45, 2.75) is 78.7 Å². The number of aliphatic imine (C=N–C) groups is 2.